The molecule has 0 radical (unpaired) electrons. The van der Waals surface area contributed by atoms with Crippen molar-refractivity contribution in [1.29, 1.82) is 0 Å². The maximum absolute atomic E-state index is 3.78. The van der Waals surface area contributed by atoms with Crippen LogP contribution < -0.4 is 0 Å². The molecule has 0 aromatic carbocycles. The van der Waals surface area contributed by atoms with Gasteiger partial charge >= 0.3 is 0 Å². The summed E-state index contributed by atoms with van der Waals surface area (Å²) in [5.74, 6) is 0. The van der Waals surface area contributed by atoms with Crippen molar-refractivity contribution in [2.45, 2.75) is 0 Å². The van der Waals surface area contributed by atoms with Crippen molar-refractivity contribution >= 4 is 25.5 Å². The molecule has 3 nitrogen and oxygen atoms in total. The van der Waals surface area contributed by atoms with Gasteiger partial charge in [0, 0.05) is 21.1 Å². The second-order valence-electron chi connectivity index (χ2n) is 0.537. The topological polar surface area (TPSA) is 38.7 Å². The average Bonchev–Trinajstić information content (AvgIpc) is 1.72. The minimum Gasteiger partial charge on any atom is -0.166 e. The smallest absolute Gasteiger partial charge is 0.166 e. The van der Waals surface area contributed by atoms with Crippen LogP contribution in [-0.4, -0.2) is 13.5 Å². The van der Waals surface area contributed by atoms with Crippen LogP contribution in [0.2, 0.25) is 0 Å². The van der Waals surface area contributed by atoms with Crippen LogP contribution in [-0.2, 0) is 21.1 Å². The number of hydrogen-bond donors (Lipinski definition) is 0. The zero-order chi connectivity index (χ0) is 4.24. The van der Waals surface area contributed by atoms with Crippen LogP contribution in [0, 0.1) is 0 Å². The first-order chi connectivity index (χ1) is 3.00. The van der Waals surface area contributed by atoms with Gasteiger partial charge in [-0.2, -0.15) is 13.5 Å². The third kappa shape index (κ3) is 3.56. The molecule has 0 bridgehead atoms. The Morgan fingerprint density at radius 2 is 1.00 bits per heavy atom. The van der Waals surface area contributed by atoms with E-state index in [2.05, 4.69) is 13.5 Å². The maximum Gasteiger partial charge on any atom is 0.166 e. The predicted molar refractivity (Wildman–Crippen MR) is 27.4 cm³/mol. The summed E-state index contributed by atoms with van der Waals surface area (Å²) in [6.45, 7) is 0. The zero-order valence-corrected chi connectivity index (χ0v) is 7.95. The third-order valence-corrected chi connectivity index (χ3v) is 2.16. The van der Waals surface area contributed by atoms with Crippen LogP contribution in [0.5, 0.6) is 0 Å². The first-order valence-electron chi connectivity index (χ1n) is 1.20. The van der Waals surface area contributed by atoms with Crippen LogP contribution in [0.3, 0.4) is 0 Å². The molecule has 0 atom stereocenters. The fourth-order valence-corrected chi connectivity index (χ4v) is 1.93. The van der Waals surface area contributed by atoms with Gasteiger partial charge in [-0.05, 0) is 0 Å². The minimum absolute atomic E-state index is 0. The maximum atomic E-state index is 3.78. The van der Waals surface area contributed by atoms with E-state index in [-0.39, 0.29) is 21.1 Å². The number of nitrogens with zero attached hydrogens (tertiary/aromatic N) is 3. The Morgan fingerprint density at radius 3 is 1.14 bits per heavy atom. The Morgan fingerprint density at radius 1 is 0.714 bits per heavy atom. The Kier molecular flexibility index (Phi) is 5.86. The van der Waals surface area contributed by atoms with E-state index in [9.17, 15) is 0 Å². The molecule has 0 aliphatic heterocycles. The number of hydrogen-bond acceptors (Lipinski definition) is 3. The largest absolute Gasteiger partial charge is 0.166 e. The van der Waals surface area contributed by atoms with Crippen molar-refractivity contribution < 1.29 is 21.1 Å². The molecule has 0 unspecified atom stereocenters. The number of aromatic nitrogens is 3. The molecule has 0 saturated heterocycles. The van der Waals surface area contributed by atoms with Crippen LogP contribution in [0.25, 0.3) is 0 Å². The summed E-state index contributed by atoms with van der Waals surface area (Å²) in [4.78, 5) is 0. The van der Waals surface area contributed by atoms with Crippen LogP contribution in [0.15, 0.2) is 0 Å². The molecule has 0 N–H and O–H groups in total. The summed E-state index contributed by atoms with van der Waals surface area (Å²) >= 11 is 0. The quantitative estimate of drug-likeness (QED) is 0.726. The number of rotatable bonds is 0. The minimum atomic E-state index is 0. The van der Waals surface area contributed by atoms with E-state index in [0.29, 0.717) is 0 Å². The second kappa shape index (κ2) is 5.13. The molecule has 0 fully saturated rings. The Hall–Kier alpha value is 0.988. The molecule has 1 aromatic rings. The summed E-state index contributed by atoms with van der Waals surface area (Å²) in [6, 6.07) is 0. The molecule has 1 heterocycles. The van der Waals surface area contributed by atoms with Gasteiger partial charge in [-0.15, -0.1) is 0 Å². The van der Waals surface area contributed by atoms with E-state index in [1.54, 1.807) is 0 Å². The summed E-state index contributed by atoms with van der Waals surface area (Å²) in [5, 5.41) is 0. The molecule has 0 spiro atoms. The SMILES string of the molecule is [Pt].n1pnpnp1. The molecule has 40 valence electrons. The van der Waals surface area contributed by atoms with Gasteiger partial charge in [-0.1, -0.05) is 0 Å². The normalized spacial score (nSPS) is 10.3. The average molecular weight is 330 g/mol. The molecule has 1 aromatic heterocycles. The molecule has 7 heteroatoms. The van der Waals surface area contributed by atoms with E-state index in [4.69, 9.17) is 0 Å². The molecule has 0 aliphatic rings. The van der Waals surface area contributed by atoms with Crippen molar-refractivity contribution in [3.63, 3.8) is 0 Å². The first-order valence-corrected chi connectivity index (χ1v) is 3.60. The van der Waals surface area contributed by atoms with Gasteiger partial charge in [0.15, 0.2) is 25.5 Å². The Balaban J connectivity index is 0.000000360. The standard InChI is InChI=1S/N3P3.Pt/c1-4-2-6-3-5-1;. The third-order valence-electron chi connectivity index (χ3n) is 0.240. The molecule has 1 rings (SSSR count). The Labute approximate surface area is 60.3 Å². The molecule has 7 heavy (non-hydrogen) atoms. The van der Waals surface area contributed by atoms with Gasteiger partial charge in [0.05, 0.1) is 0 Å². The van der Waals surface area contributed by atoms with Crippen molar-refractivity contribution in [2.24, 2.45) is 0 Å². The fourth-order valence-electron chi connectivity index (χ4n) is 0.107. The summed E-state index contributed by atoms with van der Waals surface area (Å²) < 4.78 is 11.3. The van der Waals surface area contributed by atoms with Crippen LogP contribution in [0.1, 0.15) is 0 Å². The monoisotopic (exact) mass is 330 g/mol. The summed E-state index contributed by atoms with van der Waals surface area (Å²) in [5.41, 5.74) is 0. The molecule has 0 saturated carbocycles. The molecule has 0 aliphatic carbocycles. The zero-order valence-electron chi connectivity index (χ0n) is 3.00. The van der Waals surface area contributed by atoms with E-state index in [0.717, 1.165) is 25.5 Å². The molecule has 0 amide bonds. The van der Waals surface area contributed by atoms with Crippen LogP contribution in [0.4, 0.5) is 0 Å². The van der Waals surface area contributed by atoms with Gasteiger partial charge in [0.2, 0.25) is 0 Å². The van der Waals surface area contributed by atoms with Gasteiger partial charge in [-0.3, -0.25) is 0 Å². The van der Waals surface area contributed by atoms with Crippen molar-refractivity contribution in [1.82, 2.24) is 13.5 Å². The van der Waals surface area contributed by atoms with Gasteiger partial charge < -0.3 is 0 Å². The summed E-state index contributed by atoms with van der Waals surface area (Å²) in [6.07, 6.45) is 0. The van der Waals surface area contributed by atoms with E-state index < -0.39 is 0 Å². The fraction of sp³-hybridized carbons (Fsp3) is 0. The first kappa shape index (κ1) is 7.99. The van der Waals surface area contributed by atoms with Gasteiger partial charge in [-0.25, -0.2) is 0 Å². The molecular formula is N3P3Pt. The van der Waals surface area contributed by atoms with E-state index in [1.165, 1.54) is 0 Å². The van der Waals surface area contributed by atoms with Crippen molar-refractivity contribution in [3.05, 3.63) is 0 Å². The van der Waals surface area contributed by atoms with E-state index >= 15 is 0 Å². The Bertz CT molecular complexity index is 82.1. The second-order valence-corrected chi connectivity index (χ2v) is 3.22. The van der Waals surface area contributed by atoms with Crippen LogP contribution >= 0.6 is 25.5 Å². The summed E-state index contributed by atoms with van der Waals surface area (Å²) in [7, 11) is 2.49. The van der Waals surface area contributed by atoms with Gasteiger partial charge in [0.25, 0.3) is 0 Å². The van der Waals surface area contributed by atoms with Gasteiger partial charge in [0.1, 0.15) is 0 Å². The van der Waals surface area contributed by atoms with E-state index in [1.807, 2.05) is 0 Å². The van der Waals surface area contributed by atoms with Crippen molar-refractivity contribution in [3.8, 4) is 0 Å². The molecular weight excluding hydrogens is 330 g/mol. The predicted octanol–water partition coefficient (Wildman–Crippen LogP) is 1.61. The van der Waals surface area contributed by atoms with Crippen molar-refractivity contribution in [2.75, 3.05) is 0 Å².